The Morgan fingerprint density at radius 1 is 1.16 bits per heavy atom. The molecule has 4 nitrogen and oxygen atoms in total. The van der Waals surface area contributed by atoms with Gasteiger partial charge in [-0.3, -0.25) is 0 Å². The van der Waals surface area contributed by atoms with Crippen molar-refractivity contribution in [1.29, 1.82) is 0 Å². The molecule has 6 heteroatoms. The molecule has 0 aliphatic heterocycles. The molecule has 0 amide bonds. The molecule has 0 spiro atoms. The van der Waals surface area contributed by atoms with Gasteiger partial charge in [0.1, 0.15) is 5.82 Å². The first kappa shape index (κ1) is 14.4. The summed E-state index contributed by atoms with van der Waals surface area (Å²) in [5.74, 6) is -0.457. The number of hydrogen-bond acceptors (Lipinski definition) is 3. The van der Waals surface area contributed by atoms with Crippen LogP contribution in [0.1, 0.15) is 32.1 Å². The van der Waals surface area contributed by atoms with E-state index in [-0.39, 0.29) is 11.4 Å². The molecule has 1 aromatic rings. The van der Waals surface area contributed by atoms with Gasteiger partial charge in [0.25, 0.3) is 0 Å². The van der Waals surface area contributed by atoms with Gasteiger partial charge in [-0.15, -0.1) is 0 Å². The van der Waals surface area contributed by atoms with Crippen molar-refractivity contribution in [1.82, 2.24) is 4.72 Å². The number of rotatable bonds is 4. The van der Waals surface area contributed by atoms with E-state index in [1.54, 1.807) is 0 Å². The van der Waals surface area contributed by atoms with Crippen molar-refractivity contribution in [2.24, 2.45) is 5.73 Å². The molecule has 1 saturated carbocycles. The van der Waals surface area contributed by atoms with Crippen molar-refractivity contribution in [2.75, 3.05) is 6.54 Å². The molecule has 1 aliphatic rings. The van der Waals surface area contributed by atoms with E-state index < -0.39 is 21.4 Å². The molecule has 106 valence electrons. The van der Waals surface area contributed by atoms with E-state index in [0.29, 0.717) is 0 Å². The van der Waals surface area contributed by atoms with Crippen LogP contribution in [0.15, 0.2) is 29.2 Å². The Kier molecular flexibility index (Phi) is 4.23. The minimum atomic E-state index is -3.61. The van der Waals surface area contributed by atoms with Gasteiger partial charge in [0.2, 0.25) is 10.0 Å². The van der Waals surface area contributed by atoms with E-state index in [0.717, 1.165) is 44.2 Å². The molecule has 0 atom stereocenters. The van der Waals surface area contributed by atoms with Gasteiger partial charge in [0, 0.05) is 12.1 Å². The largest absolute Gasteiger partial charge is 0.324 e. The summed E-state index contributed by atoms with van der Waals surface area (Å²) >= 11 is 0. The smallest absolute Gasteiger partial charge is 0.240 e. The minimum absolute atomic E-state index is 0.0632. The lowest BCUT2D eigenvalue weighted by Gasteiger charge is -2.33. The SMILES string of the molecule is NC1(CNS(=O)(=O)c2ccc(F)cc2)CCCCC1. The minimum Gasteiger partial charge on any atom is -0.324 e. The number of nitrogens with one attached hydrogen (secondary N) is 1. The molecule has 0 saturated heterocycles. The van der Waals surface area contributed by atoms with Gasteiger partial charge in [-0.2, -0.15) is 0 Å². The number of benzene rings is 1. The summed E-state index contributed by atoms with van der Waals surface area (Å²) in [4.78, 5) is 0.0632. The van der Waals surface area contributed by atoms with Crippen LogP contribution >= 0.6 is 0 Å². The molecule has 2 rings (SSSR count). The van der Waals surface area contributed by atoms with Gasteiger partial charge in [0.15, 0.2) is 0 Å². The lowest BCUT2D eigenvalue weighted by Crippen LogP contribution is -2.51. The quantitative estimate of drug-likeness (QED) is 0.886. The van der Waals surface area contributed by atoms with Gasteiger partial charge in [-0.1, -0.05) is 19.3 Å². The van der Waals surface area contributed by atoms with E-state index in [2.05, 4.69) is 4.72 Å². The van der Waals surface area contributed by atoms with Crippen LogP contribution in [0.2, 0.25) is 0 Å². The molecule has 1 aromatic carbocycles. The second-order valence-corrected chi connectivity index (χ2v) is 6.97. The van der Waals surface area contributed by atoms with Gasteiger partial charge >= 0.3 is 0 Å². The molecule has 0 radical (unpaired) electrons. The van der Waals surface area contributed by atoms with E-state index >= 15 is 0 Å². The Hall–Kier alpha value is -0.980. The van der Waals surface area contributed by atoms with Crippen LogP contribution in [0.25, 0.3) is 0 Å². The fourth-order valence-corrected chi connectivity index (χ4v) is 3.51. The average molecular weight is 286 g/mol. The van der Waals surface area contributed by atoms with Crippen LogP contribution in [0.3, 0.4) is 0 Å². The molecule has 0 bridgehead atoms. The standard InChI is InChI=1S/C13H19FN2O2S/c14-11-4-6-12(7-5-11)19(17,18)16-10-13(15)8-2-1-3-9-13/h4-7,16H,1-3,8-10,15H2. The number of hydrogen-bond donors (Lipinski definition) is 2. The maximum Gasteiger partial charge on any atom is 0.240 e. The maximum absolute atomic E-state index is 12.8. The molecule has 1 fully saturated rings. The molecular formula is C13H19FN2O2S. The first-order chi connectivity index (χ1) is 8.91. The average Bonchev–Trinajstić information content (AvgIpc) is 2.38. The highest BCUT2D eigenvalue weighted by Gasteiger charge is 2.29. The van der Waals surface area contributed by atoms with Crippen LogP contribution in [0, 0.1) is 5.82 Å². The maximum atomic E-state index is 12.8. The van der Waals surface area contributed by atoms with Crippen molar-refractivity contribution >= 4 is 10.0 Å². The zero-order valence-corrected chi connectivity index (χ0v) is 11.5. The monoisotopic (exact) mass is 286 g/mol. The van der Waals surface area contributed by atoms with Crippen LogP contribution in [0.4, 0.5) is 4.39 Å². The molecule has 0 aromatic heterocycles. The van der Waals surface area contributed by atoms with Gasteiger partial charge in [0.05, 0.1) is 4.90 Å². The third-order valence-electron chi connectivity index (χ3n) is 3.59. The van der Waals surface area contributed by atoms with Gasteiger partial charge in [-0.05, 0) is 37.1 Å². The zero-order valence-electron chi connectivity index (χ0n) is 10.7. The highest BCUT2D eigenvalue weighted by Crippen LogP contribution is 2.25. The van der Waals surface area contributed by atoms with Gasteiger partial charge < -0.3 is 5.73 Å². The first-order valence-electron chi connectivity index (χ1n) is 6.45. The summed E-state index contributed by atoms with van der Waals surface area (Å²) < 4.78 is 39.4. The second-order valence-electron chi connectivity index (χ2n) is 5.20. The van der Waals surface area contributed by atoms with Crippen LogP contribution in [0.5, 0.6) is 0 Å². The zero-order chi connectivity index (χ0) is 13.9. The van der Waals surface area contributed by atoms with Gasteiger partial charge in [-0.25, -0.2) is 17.5 Å². The summed E-state index contributed by atoms with van der Waals surface area (Å²) in [6.07, 6.45) is 4.89. The highest BCUT2D eigenvalue weighted by atomic mass is 32.2. The predicted octanol–water partition coefficient (Wildman–Crippen LogP) is 1.77. The Morgan fingerprint density at radius 3 is 2.32 bits per heavy atom. The van der Waals surface area contributed by atoms with E-state index in [1.165, 1.54) is 12.1 Å². The number of halogens is 1. The van der Waals surface area contributed by atoms with Crippen molar-refractivity contribution in [3.63, 3.8) is 0 Å². The number of sulfonamides is 1. The molecule has 0 unspecified atom stereocenters. The summed E-state index contributed by atoms with van der Waals surface area (Å²) in [5.41, 5.74) is 5.73. The summed E-state index contributed by atoms with van der Waals surface area (Å²) in [7, 11) is -3.61. The van der Waals surface area contributed by atoms with E-state index in [1.807, 2.05) is 0 Å². The second kappa shape index (κ2) is 5.56. The molecule has 19 heavy (non-hydrogen) atoms. The van der Waals surface area contributed by atoms with Crippen LogP contribution in [-0.2, 0) is 10.0 Å². The van der Waals surface area contributed by atoms with Crippen molar-refractivity contribution < 1.29 is 12.8 Å². The Labute approximate surface area is 113 Å². The summed E-state index contributed by atoms with van der Waals surface area (Å²) in [5, 5.41) is 0. The fourth-order valence-electron chi connectivity index (χ4n) is 2.37. The molecular weight excluding hydrogens is 267 g/mol. The lowest BCUT2D eigenvalue weighted by molar-refractivity contribution is 0.296. The first-order valence-corrected chi connectivity index (χ1v) is 7.94. The third-order valence-corrected chi connectivity index (χ3v) is 5.00. The van der Waals surface area contributed by atoms with Crippen LogP contribution in [-0.4, -0.2) is 20.5 Å². The lowest BCUT2D eigenvalue weighted by atomic mass is 9.83. The highest BCUT2D eigenvalue weighted by molar-refractivity contribution is 7.89. The third kappa shape index (κ3) is 3.75. The molecule has 3 N–H and O–H groups in total. The summed E-state index contributed by atoms with van der Waals surface area (Å²) in [6.45, 7) is 0.229. The molecule has 0 heterocycles. The van der Waals surface area contributed by atoms with E-state index in [4.69, 9.17) is 5.73 Å². The topological polar surface area (TPSA) is 72.2 Å². The fraction of sp³-hybridized carbons (Fsp3) is 0.538. The van der Waals surface area contributed by atoms with Crippen molar-refractivity contribution in [2.45, 2.75) is 42.5 Å². The Bertz CT molecular complexity index is 522. The van der Waals surface area contributed by atoms with Crippen molar-refractivity contribution in [3.8, 4) is 0 Å². The number of nitrogens with two attached hydrogens (primary N) is 1. The Balaban J connectivity index is 2.03. The molecule has 1 aliphatic carbocycles. The summed E-state index contributed by atoms with van der Waals surface area (Å²) in [6, 6.07) is 4.77. The van der Waals surface area contributed by atoms with E-state index in [9.17, 15) is 12.8 Å². The normalized spacial score (nSPS) is 19.3. The predicted molar refractivity (Wildman–Crippen MR) is 71.6 cm³/mol. The van der Waals surface area contributed by atoms with Crippen molar-refractivity contribution in [3.05, 3.63) is 30.1 Å². The Morgan fingerprint density at radius 2 is 1.74 bits per heavy atom. The van der Waals surface area contributed by atoms with Crippen LogP contribution < -0.4 is 10.5 Å².